The average molecular weight is 471 g/mol. The zero-order chi connectivity index (χ0) is 24.0. The minimum Gasteiger partial charge on any atom is -0.495 e. The zero-order valence-electron chi connectivity index (χ0n) is 19.1. The average Bonchev–Trinajstić information content (AvgIpc) is 3.40. The molecule has 2 aromatic carbocycles. The number of fused-ring (bicyclic) bond motifs is 1. The Hall–Kier alpha value is -3.03. The molecule has 8 heteroatoms. The summed E-state index contributed by atoms with van der Waals surface area (Å²) in [4.78, 5) is 25.0. The number of nitrogens with zero attached hydrogens (tertiary/aromatic N) is 1. The number of ether oxygens (including phenoxy) is 2. The standard InChI is InChI=1S/C25H27ClN2O5/c1-24(2,23(30)31)15-5-7-16(8-6-15)25(11-12-33-14-25)27-22(29)19-13-17-18(28(19)3)9-10-20(32-4)21(17)26/h5-10,13H,11-12,14H2,1-4H3,(H,27,29)(H,30,31). The maximum atomic E-state index is 13.4. The molecule has 1 saturated heterocycles. The van der Waals surface area contributed by atoms with Crippen molar-refractivity contribution in [2.24, 2.45) is 7.05 Å². The molecule has 1 amide bonds. The summed E-state index contributed by atoms with van der Waals surface area (Å²) in [5, 5.41) is 13.9. The molecular weight excluding hydrogens is 444 g/mol. The summed E-state index contributed by atoms with van der Waals surface area (Å²) in [5.74, 6) is -0.593. The van der Waals surface area contributed by atoms with Gasteiger partial charge in [-0.05, 0) is 43.2 Å². The van der Waals surface area contributed by atoms with Gasteiger partial charge in [0.2, 0.25) is 0 Å². The van der Waals surface area contributed by atoms with E-state index in [-0.39, 0.29) is 5.91 Å². The Labute approximate surface area is 197 Å². The van der Waals surface area contributed by atoms with Gasteiger partial charge in [0.05, 0.1) is 35.2 Å². The Balaban J connectivity index is 1.68. The number of hydrogen-bond acceptors (Lipinski definition) is 4. The number of carbonyl (C=O) groups excluding carboxylic acids is 1. The third-order valence-corrected chi connectivity index (χ3v) is 7.04. The maximum Gasteiger partial charge on any atom is 0.313 e. The summed E-state index contributed by atoms with van der Waals surface area (Å²) in [5.41, 5.74) is 1.14. The fourth-order valence-corrected chi connectivity index (χ4v) is 4.60. The van der Waals surface area contributed by atoms with E-state index in [9.17, 15) is 14.7 Å². The van der Waals surface area contributed by atoms with Crippen LogP contribution in [0, 0.1) is 0 Å². The van der Waals surface area contributed by atoms with E-state index in [4.69, 9.17) is 21.1 Å². The Morgan fingerprint density at radius 3 is 2.48 bits per heavy atom. The number of methoxy groups -OCH3 is 1. The SMILES string of the molecule is COc1ccc2c(cc(C(=O)NC3(c4ccc(C(C)(C)C(=O)O)cc4)CCOC3)n2C)c1Cl. The molecule has 2 N–H and O–H groups in total. The van der Waals surface area contributed by atoms with Crippen LogP contribution in [0.25, 0.3) is 10.9 Å². The van der Waals surface area contributed by atoms with Gasteiger partial charge in [-0.2, -0.15) is 0 Å². The number of halogens is 1. The molecule has 0 radical (unpaired) electrons. The highest BCUT2D eigenvalue weighted by Gasteiger charge is 2.39. The largest absolute Gasteiger partial charge is 0.495 e. The molecule has 174 valence electrons. The van der Waals surface area contributed by atoms with Gasteiger partial charge < -0.3 is 24.5 Å². The molecule has 0 spiro atoms. The van der Waals surface area contributed by atoms with Gasteiger partial charge >= 0.3 is 5.97 Å². The summed E-state index contributed by atoms with van der Waals surface area (Å²) < 4.78 is 12.8. The molecule has 0 aliphatic carbocycles. The third kappa shape index (κ3) is 3.85. The predicted octanol–water partition coefficient (Wildman–Crippen LogP) is 4.25. The highest BCUT2D eigenvalue weighted by atomic mass is 35.5. The number of hydrogen-bond donors (Lipinski definition) is 2. The molecule has 4 rings (SSSR count). The summed E-state index contributed by atoms with van der Waals surface area (Å²) in [6.45, 7) is 4.18. The van der Waals surface area contributed by atoms with Gasteiger partial charge in [-0.3, -0.25) is 9.59 Å². The molecule has 0 bridgehead atoms. The Kier molecular flexibility index (Phi) is 5.88. The van der Waals surface area contributed by atoms with E-state index in [1.165, 1.54) is 0 Å². The first-order valence-electron chi connectivity index (χ1n) is 10.7. The topological polar surface area (TPSA) is 89.8 Å². The van der Waals surface area contributed by atoms with Crippen LogP contribution in [0.1, 0.15) is 41.9 Å². The zero-order valence-corrected chi connectivity index (χ0v) is 19.8. The van der Waals surface area contributed by atoms with E-state index in [1.807, 2.05) is 25.2 Å². The molecule has 1 unspecified atom stereocenters. The van der Waals surface area contributed by atoms with Crippen LogP contribution < -0.4 is 10.1 Å². The van der Waals surface area contributed by atoms with Crippen LogP contribution in [0.2, 0.25) is 5.02 Å². The second kappa shape index (κ2) is 8.39. The van der Waals surface area contributed by atoms with Crippen LogP contribution in [-0.2, 0) is 27.5 Å². The van der Waals surface area contributed by atoms with Crippen molar-refractivity contribution < 1.29 is 24.2 Å². The van der Waals surface area contributed by atoms with Crippen molar-refractivity contribution in [3.63, 3.8) is 0 Å². The molecular formula is C25H27ClN2O5. The highest BCUT2D eigenvalue weighted by molar-refractivity contribution is 6.37. The maximum absolute atomic E-state index is 13.4. The van der Waals surface area contributed by atoms with E-state index in [0.717, 1.165) is 16.5 Å². The number of carboxylic acid groups (broad SMARTS) is 1. The summed E-state index contributed by atoms with van der Waals surface area (Å²) in [6.07, 6.45) is 0.610. The number of aliphatic carboxylic acids is 1. The summed E-state index contributed by atoms with van der Waals surface area (Å²) in [7, 11) is 3.37. The first kappa shape index (κ1) is 23.1. The Morgan fingerprint density at radius 2 is 1.91 bits per heavy atom. The lowest BCUT2D eigenvalue weighted by Gasteiger charge is -2.30. The second-order valence-corrected chi connectivity index (χ2v) is 9.33. The second-order valence-electron chi connectivity index (χ2n) is 8.95. The molecule has 2 heterocycles. The lowest BCUT2D eigenvalue weighted by Crippen LogP contribution is -2.47. The number of carbonyl (C=O) groups is 2. The monoisotopic (exact) mass is 470 g/mol. The van der Waals surface area contributed by atoms with E-state index < -0.39 is 16.9 Å². The van der Waals surface area contributed by atoms with Crippen LogP contribution in [0.15, 0.2) is 42.5 Å². The van der Waals surface area contributed by atoms with Gasteiger partial charge in [0, 0.05) is 25.5 Å². The minimum absolute atomic E-state index is 0.246. The Bertz CT molecular complexity index is 1220. The van der Waals surface area contributed by atoms with Crippen molar-refractivity contribution in [1.29, 1.82) is 0 Å². The number of nitrogens with one attached hydrogen (secondary N) is 1. The van der Waals surface area contributed by atoms with E-state index >= 15 is 0 Å². The summed E-state index contributed by atoms with van der Waals surface area (Å²) >= 11 is 6.47. The first-order valence-corrected chi connectivity index (χ1v) is 11.0. The molecule has 3 aromatic rings. The van der Waals surface area contributed by atoms with Gasteiger partial charge in [-0.25, -0.2) is 0 Å². The number of aryl methyl sites for hydroxylation is 1. The van der Waals surface area contributed by atoms with Crippen LogP contribution in [0.4, 0.5) is 0 Å². The van der Waals surface area contributed by atoms with Crippen molar-refractivity contribution in [3.8, 4) is 5.75 Å². The van der Waals surface area contributed by atoms with Gasteiger partial charge in [0.25, 0.3) is 5.91 Å². The van der Waals surface area contributed by atoms with Gasteiger partial charge in [-0.15, -0.1) is 0 Å². The first-order chi connectivity index (χ1) is 15.6. The van der Waals surface area contributed by atoms with Crippen LogP contribution >= 0.6 is 11.6 Å². The predicted molar refractivity (Wildman–Crippen MR) is 126 cm³/mol. The molecule has 1 aliphatic rings. The number of aromatic nitrogens is 1. The molecule has 0 saturated carbocycles. The van der Waals surface area contributed by atoms with Crippen molar-refractivity contribution in [2.45, 2.75) is 31.2 Å². The summed E-state index contributed by atoms with van der Waals surface area (Å²) in [6, 6.07) is 12.8. The fraction of sp³-hybridized carbons (Fsp3) is 0.360. The quantitative estimate of drug-likeness (QED) is 0.562. The molecule has 1 aromatic heterocycles. The number of amides is 1. The van der Waals surface area contributed by atoms with Crippen LogP contribution in [-0.4, -0.2) is 41.9 Å². The van der Waals surface area contributed by atoms with Crippen molar-refractivity contribution in [2.75, 3.05) is 20.3 Å². The Morgan fingerprint density at radius 1 is 1.21 bits per heavy atom. The van der Waals surface area contributed by atoms with E-state index in [2.05, 4.69) is 5.32 Å². The highest BCUT2D eigenvalue weighted by Crippen LogP contribution is 2.36. The van der Waals surface area contributed by atoms with Crippen molar-refractivity contribution in [3.05, 3.63) is 64.3 Å². The van der Waals surface area contributed by atoms with Gasteiger partial charge in [0.15, 0.2) is 0 Å². The molecule has 1 aliphatic heterocycles. The van der Waals surface area contributed by atoms with Gasteiger partial charge in [0.1, 0.15) is 11.4 Å². The molecule has 33 heavy (non-hydrogen) atoms. The smallest absolute Gasteiger partial charge is 0.313 e. The lowest BCUT2D eigenvalue weighted by molar-refractivity contribution is -0.142. The van der Waals surface area contributed by atoms with Crippen molar-refractivity contribution >= 4 is 34.4 Å². The molecule has 1 atom stereocenters. The van der Waals surface area contributed by atoms with E-state index in [0.29, 0.717) is 41.7 Å². The molecule has 7 nitrogen and oxygen atoms in total. The van der Waals surface area contributed by atoms with E-state index in [1.54, 1.807) is 49.8 Å². The molecule has 1 fully saturated rings. The fourth-order valence-electron chi connectivity index (χ4n) is 4.31. The lowest BCUT2D eigenvalue weighted by atomic mass is 9.82. The number of carboxylic acids is 1. The van der Waals surface area contributed by atoms with Gasteiger partial charge in [-0.1, -0.05) is 35.9 Å². The third-order valence-electron chi connectivity index (χ3n) is 6.65. The number of benzene rings is 2. The van der Waals surface area contributed by atoms with Crippen LogP contribution in [0.5, 0.6) is 5.75 Å². The van der Waals surface area contributed by atoms with Crippen LogP contribution in [0.3, 0.4) is 0 Å². The number of rotatable bonds is 6. The minimum atomic E-state index is -1.01. The normalized spacial score (nSPS) is 18.5. The van der Waals surface area contributed by atoms with Crippen molar-refractivity contribution in [1.82, 2.24) is 9.88 Å².